The third-order valence-corrected chi connectivity index (χ3v) is 3.77. The normalized spacial score (nSPS) is 11.8. The number of methoxy groups -OCH3 is 2. The lowest BCUT2D eigenvalue weighted by atomic mass is 10.2. The van der Waals surface area contributed by atoms with Crippen molar-refractivity contribution in [2.24, 2.45) is 4.99 Å². The van der Waals surface area contributed by atoms with Crippen molar-refractivity contribution in [1.82, 2.24) is 15.5 Å². The first kappa shape index (κ1) is 24.3. The summed E-state index contributed by atoms with van der Waals surface area (Å²) >= 11 is 0. The van der Waals surface area contributed by atoms with Crippen molar-refractivity contribution in [3.05, 3.63) is 23.8 Å². The van der Waals surface area contributed by atoms with E-state index in [4.69, 9.17) is 9.47 Å². The fourth-order valence-corrected chi connectivity index (χ4v) is 1.95. The van der Waals surface area contributed by atoms with E-state index in [0.717, 1.165) is 12.0 Å². The van der Waals surface area contributed by atoms with Crippen LogP contribution in [-0.4, -0.2) is 57.7 Å². The number of amides is 1. The van der Waals surface area contributed by atoms with Crippen LogP contribution in [0.1, 0.15) is 25.8 Å². The fourth-order valence-electron chi connectivity index (χ4n) is 1.95. The van der Waals surface area contributed by atoms with Gasteiger partial charge in [-0.1, -0.05) is 13.0 Å². The Hall–Kier alpha value is -1.71. The molecule has 2 N–H and O–H groups in total. The van der Waals surface area contributed by atoms with Gasteiger partial charge in [0.25, 0.3) is 0 Å². The molecule has 0 heterocycles. The van der Waals surface area contributed by atoms with Gasteiger partial charge in [0.1, 0.15) is 0 Å². The predicted octanol–water partition coefficient (Wildman–Crippen LogP) is 2.24. The van der Waals surface area contributed by atoms with Gasteiger partial charge in [0.05, 0.1) is 27.3 Å². The van der Waals surface area contributed by atoms with Crippen LogP contribution < -0.4 is 20.1 Å². The van der Waals surface area contributed by atoms with Gasteiger partial charge in [-0.05, 0) is 31.0 Å². The van der Waals surface area contributed by atoms with Crippen LogP contribution in [0.3, 0.4) is 0 Å². The number of likely N-dealkylation sites (N-methyl/N-ethyl adjacent to an activating group) is 1. The zero-order valence-electron chi connectivity index (χ0n) is 16.5. The maximum absolute atomic E-state index is 11.8. The minimum absolute atomic E-state index is 0. The Morgan fingerprint density at radius 3 is 2.42 bits per heavy atom. The topological polar surface area (TPSA) is 75.2 Å². The van der Waals surface area contributed by atoms with E-state index >= 15 is 0 Å². The number of carbonyl (C=O) groups excluding carboxylic acids is 1. The van der Waals surface area contributed by atoms with Crippen LogP contribution in [0.15, 0.2) is 23.2 Å². The lowest BCUT2D eigenvalue weighted by Gasteiger charge is -2.18. The molecule has 0 aliphatic heterocycles. The maximum Gasteiger partial charge on any atom is 0.241 e. The molecular weight excluding hydrogens is 447 g/mol. The van der Waals surface area contributed by atoms with Crippen molar-refractivity contribution in [3.8, 4) is 11.5 Å². The monoisotopic (exact) mass is 478 g/mol. The highest BCUT2D eigenvalue weighted by atomic mass is 127. The second-order valence-electron chi connectivity index (χ2n) is 5.95. The number of rotatable bonds is 8. The second-order valence-corrected chi connectivity index (χ2v) is 5.95. The Balaban J connectivity index is 0.00000625. The average Bonchev–Trinajstić information content (AvgIpc) is 2.62. The van der Waals surface area contributed by atoms with E-state index < -0.39 is 0 Å². The zero-order valence-corrected chi connectivity index (χ0v) is 18.8. The van der Waals surface area contributed by atoms with E-state index in [0.29, 0.717) is 24.0 Å². The average molecular weight is 478 g/mol. The Morgan fingerprint density at radius 1 is 1.23 bits per heavy atom. The molecule has 148 valence electrons. The van der Waals surface area contributed by atoms with E-state index in [9.17, 15) is 4.79 Å². The molecule has 1 atom stereocenters. The highest BCUT2D eigenvalue weighted by molar-refractivity contribution is 14.0. The van der Waals surface area contributed by atoms with Gasteiger partial charge in [-0.15, -0.1) is 24.0 Å². The summed E-state index contributed by atoms with van der Waals surface area (Å²) in [5, 5.41) is 6.37. The molecule has 1 unspecified atom stereocenters. The number of nitrogens with one attached hydrogen (secondary N) is 2. The van der Waals surface area contributed by atoms with Gasteiger partial charge >= 0.3 is 0 Å². The van der Waals surface area contributed by atoms with Gasteiger partial charge in [0, 0.05) is 20.1 Å². The zero-order chi connectivity index (χ0) is 18.8. The number of ether oxygens (including phenoxy) is 2. The first-order valence-electron chi connectivity index (χ1n) is 8.37. The lowest BCUT2D eigenvalue weighted by Crippen LogP contribution is -2.45. The Labute approximate surface area is 173 Å². The van der Waals surface area contributed by atoms with Crippen molar-refractivity contribution >= 4 is 35.8 Å². The summed E-state index contributed by atoms with van der Waals surface area (Å²) in [5.74, 6) is 1.95. The number of hydrogen-bond donors (Lipinski definition) is 2. The third-order valence-electron chi connectivity index (χ3n) is 3.77. The number of aliphatic imine (C=N–C) groups is 1. The summed E-state index contributed by atoms with van der Waals surface area (Å²) in [6, 6.07) is 5.95. The molecular formula is C18H31IN4O3. The second kappa shape index (κ2) is 12.6. The first-order chi connectivity index (χ1) is 11.9. The van der Waals surface area contributed by atoms with Crippen LogP contribution in [-0.2, 0) is 11.3 Å². The molecule has 0 saturated heterocycles. The van der Waals surface area contributed by atoms with Gasteiger partial charge in [-0.25, -0.2) is 4.99 Å². The van der Waals surface area contributed by atoms with Crippen LogP contribution in [0.5, 0.6) is 11.5 Å². The number of guanidine groups is 1. The van der Waals surface area contributed by atoms with Crippen molar-refractivity contribution < 1.29 is 14.3 Å². The molecule has 0 aliphatic carbocycles. The standard InChI is InChI=1S/C18H30N4O3.HI/c1-7-13(2)21-18(20-12-17(23)22(3)4)19-11-14-8-9-15(24-5)16(10-14)25-6;/h8-10,13H,7,11-12H2,1-6H3,(H2,19,20,21);1H. The van der Waals surface area contributed by atoms with Gasteiger partial charge in [-0.3, -0.25) is 4.79 Å². The van der Waals surface area contributed by atoms with Crippen molar-refractivity contribution in [1.29, 1.82) is 0 Å². The predicted molar refractivity (Wildman–Crippen MR) is 116 cm³/mol. The molecule has 1 amide bonds. The smallest absolute Gasteiger partial charge is 0.241 e. The largest absolute Gasteiger partial charge is 0.493 e. The summed E-state index contributed by atoms with van der Waals surface area (Å²) in [7, 11) is 6.67. The van der Waals surface area contributed by atoms with Crippen LogP contribution in [0.4, 0.5) is 0 Å². The number of halogens is 1. The molecule has 0 spiro atoms. The number of nitrogens with zero attached hydrogens (tertiary/aromatic N) is 2. The molecule has 0 fully saturated rings. The van der Waals surface area contributed by atoms with Crippen molar-refractivity contribution in [2.75, 3.05) is 34.9 Å². The molecule has 26 heavy (non-hydrogen) atoms. The van der Waals surface area contributed by atoms with Crippen LogP contribution in [0, 0.1) is 0 Å². The van der Waals surface area contributed by atoms with E-state index in [2.05, 4.69) is 29.5 Å². The highest BCUT2D eigenvalue weighted by Gasteiger charge is 2.09. The number of benzene rings is 1. The van der Waals surface area contributed by atoms with Crippen LogP contribution >= 0.6 is 24.0 Å². The molecule has 0 bridgehead atoms. The van der Waals surface area contributed by atoms with Crippen LogP contribution in [0.2, 0.25) is 0 Å². The van der Waals surface area contributed by atoms with Crippen molar-refractivity contribution in [2.45, 2.75) is 32.9 Å². The minimum atomic E-state index is -0.00947. The first-order valence-corrected chi connectivity index (χ1v) is 8.37. The number of hydrogen-bond acceptors (Lipinski definition) is 4. The molecule has 1 aromatic rings. The van der Waals surface area contributed by atoms with Gasteiger partial charge in [-0.2, -0.15) is 0 Å². The molecule has 1 rings (SSSR count). The summed E-state index contributed by atoms with van der Waals surface area (Å²) < 4.78 is 10.6. The third kappa shape index (κ3) is 8.11. The maximum atomic E-state index is 11.8. The van der Waals surface area contributed by atoms with Crippen molar-refractivity contribution in [3.63, 3.8) is 0 Å². The quantitative estimate of drug-likeness (QED) is 0.341. The van der Waals surface area contributed by atoms with E-state index in [1.54, 1.807) is 33.2 Å². The molecule has 0 aromatic heterocycles. The Bertz CT molecular complexity index is 594. The SMILES string of the molecule is CCC(C)NC(=NCc1ccc(OC)c(OC)c1)NCC(=O)N(C)C.I. The fraction of sp³-hybridized carbons (Fsp3) is 0.556. The van der Waals surface area contributed by atoms with Gasteiger partial charge in [0.2, 0.25) is 5.91 Å². The summed E-state index contributed by atoms with van der Waals surface area (Å²) in [6.07, 6.45) is 0.957. The summed E-state index contributed by atoms with van der Waals surface area (Å²) in [6.45, 7) is 4.82. The highest BCUT2D eigenvalue weighted by Crippen LogP contribution is 2.27. The van der Waals surface area contributed by atoms with Crippen LogP contribution in [0.25, 0.3) is 0 Å². The molecule has 8 heteroatoms. The summed E-state index contributed by atoms with van der Waals surface area (Å²) in [5.41, 5.74) is 0.988. The number of carbonyl (C=O) groups is 1. The Kier molecular flexibility index (Phi) is 11.8. The minimum Gasteiger partial charge on any atom is -0.493 e. The molecule has 1 aromatic carbocycles. The van der Waals surface area contributed by atoms with E-state index in [1.165, 1.54) is 0 Å². The molecule has 0 radical (unpaired) electrons. The Morgan fingerprint density at radius 2 is 1.88 bits per heavy atom. The van der Waals surface area contributed by atoms with Gasteiger partial charge in [0.15, 0.2) is 17.5 Å². The molecule has 0 aliphatic rings. The lowest BCUT2D eigenvalue weighted by molar-refractivity contribution is -0.127. The van der Waals surface area contributed by atoms with Gasteiger partial charge < -0.3 is 25.0 Å². The van der Waals surface area contributed by atoms with E-state index in [-0.39, 0.29) is 42.5 Å². The van der Waals surface area contributed by atoms with E-state index in [1.807, 2.05) is 18.2 Å². The summed E-state index contributed by atoms with van der Waals surface area (Å²) in [4.78, 5) is 17.9. The molecule has 0 saturated carbocycles. The molecule has 7 nitrogen and oxygen atoms in total.